The highest BCUT2D eigenvalue weighted by Crippen LogP contribution is 2.21. The molecule has 3 aromatic carbocycles. The molecule has 146 valence electrons. The first-order valence-corrected chi connectivity index (χ1v) is 11.0. The van der Waals surface area contributed by atoms with Crippen LogP contribution in [0.3, 0.4) is 0 Å². The molecule has 0 saturated heterocycles. The van der Waals surface area contributed by atoms with Crippen molar-refractivity contribution in [2.75, 3.05) is 20.9 Å². The van der Waals surface area contributed by atoms with Crippen LogP contribution < -0.4 is 20.9 Å². The first kappa shape index (κ1) is 19.5. The molecule has 0 saturated carbocycles. The standard InChI is InChI=1S/C18H18N4O4S2/c19-13-1-5-15(6-2-13)21-28(25,26)18-11-7-16(8-12-18)22-27(23,24)17-9-3-14(20)4-10-17/h1-12,21-22H,19-20H2. The molecule has 0 heterocycles. The normalized spacial score (nSPS) is 11.7. The van der Waals surface area contributed by atoms with Gasteiger partial charge in [0.05, 0.1) is 9.79 Å². The summed E-state index contributed by atoms with van der Waals surface area (Å²) in [5, 5.41) is 0. The number of hydrogen-bond acceptors (Lipinski definition) is 6. The molecule has 0 spiro atoms. The Hall–Kier alpha value is -3.24. The van der Waals surface area contributed by atoms with Gasteiger partial charge in [-0.15, -0.1) is 0 Å². The minimum atomic E-state index is -3.83. The van der Waals surface area contributed by atoms with Crippen molar-refractivity contribution < 1.29 is 16.8 Å². The first-order valence-electron chi connectivity index (χ1n) is 8.02. The maximum absolute atomic E-state index is 12.4. The summed E-state index contributed by atoms with van der Waals surface area (Å²) in [5.74, 6) is 0. The summed E-state index contributed by atoms with van der Waals surface area (Å²) >= 11 is 0. The molecule has 8 nitrogen and oxygen atoms in total. The largest absolute Gasteiger partial charge is 0.399 e. The summed E-state index contributed by atoms with van der Waals surface area (Å²) in [5.41, 5.74) is 12.7. The number of hydrogen-bond donors (Lipinski definition) is 4. The minimum absolute atomic E-state index is 0.0141. The van der Waals surface area contributed by atoms with Gasteiger partial charge >= 0.3 is 0 Å². The van der Waals surface area contributed by atoms with Gasteiger partial charge in [-0.1, -0.05) is 0 Å². The Balaban J connectivity index is 1.77. The third kappa shape index (κ3) is 4.53. The Morgan fingerprint density at radius 1 is 0.500 bits per heavy atom. The molecule has 3 rings (SSSR count). The summed E-state index contributed by atoms with van der Waals surface area (Å²) < 4.78 is 54.4. The molecule has 0 amide bonds. The molecular weight excluding hydrogens is 400 g/mol. The van der Waals surface area contributed by atoms with E-state index in [0.29, 0.717) is 17.1 Å². The highest BCUT2D eigenvalue weighted by Gasteiger charge is 2.17. The van der Waals surface area contributed by atoms with Crippen molar-refractivity contribution in [3.8, 4) is 0 Å². The number of nitrogen functional groups attached to an aromatic ring is 2. The molecule has 0 aliphatic rings. The average Bonchev–Trinajstić information content (AvgIpc) is 2.64. The van der Waals surface area contributed by atoms with Crippen LogP contribution in [0.1, 0.15) is 0 Å². The molecule has 0 fully saturated rings. The van der Waals surface area contributed by atoms with Gasteiger partial charge in [0.2, 0.25) is 0 Å². The van der Waals surface area contributed by atoms with Crippen molar-refractivity contribution in [2.24, 2.45) is 0 Å². The monoisotopic (exact) mass is 418 g/mol. The predicted octanol–water partition coefficient (Wildman–Crippen LogP) is 2.45. The van der Waals surface area contributed by atoms with Crippen molar-refractivity contribution in [1.82, 2.24) is 0 Å². The minimum Gasteiger partial charge on any atom is -0.399 e. The Morgan fingerprint density at radius 2 is 0.786 bits per heavy atom. The van der Waals surface area contributed by atoms with Crippen molar-refractivity contribution in [2.45, 2.75) is 9.79 Å². The number of nitrogens with one attached hydrogen (secondary N) is 2. The van der Waals surface area contributed by atoms with E-state index in [4.69, 9.17) is 11.5 Å². The topological polar surface area (TPSA) is 144 Å². The lowest BCUT2D eigenvalue weighted by Crippen LogP contribution is -2.14. The summed E-state index contributed by atoms with van der Waals surface area (Å²) in [6.45, 7) is 0. The lowest BCUT2D eigenvalue weighted by atomic mass is 10.3. The van der Waals surface area contributed by atoms with Crippen LogP contribution in [0.4, 0.5) is 22.7 Å². The average molecular weight is 419 g/mol. The molecule has 0 aliphatic carbocycles. The van der Waals surface area contributed by atoms with Gasteiger partial charge in [-0.2, -0.15) is 0 Å². The number of benzene rings is 3. The third-order valence-electron chi connectivity index (χ3n) is 3.77. The van der Waals surface area contributed by atoms with E-state index >= 15 is 0 Å². The fourth-order valence-corrected chi connectivity index (χ4v) is 4.45. The molecule has 0 aliphatic heterocycles. The van der Waals surface area contributed by atoms with Crippen LogP contribution in [-0.4, -0.2) is 16.8 Å². The van der Waals surface area contributed by atoms with Gasteiger partial charge in [0.1, 0.15) is 0 Å². The van der Waals surface area contributed by atoms with Crippen LogP contribution in [0.15, 0.2) is 82.6 Å². The third-order valence-corrected chi connectivity index (χ3v) is 6.56. The lowest BCUT2D eigenvalue weighted by molar-refractivity contribution is 0.600. The highest BCUT2D eigenvalue weighted by molar-refractivity contribution is 7.93. The quantitative estimate of drug-likeness (QED) is 0.453. The van der Waals surface area contributed by atoms with E-state index in [1.54, 1.807) is 24.3 Å². The van der Waals surface area contributed by atoms with E-state index < -0.39 is 20.0 Å². The smallest absolute Gasteiger partial charge is 0.261 e. The van der Waals surface area contributed by atoms with Crippen LogP contribution in [0, 0.1) is 0 Å². The van der Waals surface area contributed by atoms with Crippen LogP contribution in [0.25, 0.3) is 0 Å². The van der Waals surface area contributed by atoms with Gasteiger partial charge in [0.15, 0.2) is 0 Å². The van der Waals surface area contributed by atoms with Crippen molar-refractivity contribution >= 4 is 42.8 Å². The molecule has 0 aromatic heterocycles. The van der Waals surface area contributed by atoms with Crippen LogP contribution in [0.5, 0.6) is 0 Å². The summed E-state index contributed by atoms with van der Waals surface area (Å²) in [6, 6.07) is 17.3. The van der Waals surface area contributed by atoms with Gasteiger partial charge < -0.3 is 11.5 Å². The van der Waals surface area contributed by atoms with Gasteiger partial charge in [-0.25, -0.2) is 16.8 Å². The predicted molar refractivity (Wildman–Crippen MR) is 110 cm³/mol. The van der Waals surface area contributed by atoms with E-state index in [1.165, 1.54) is 48.5 Å². The van der Waals surface area contributed by atoms with E-state index in [0.717, 1.165) is 0 Å². The Labute approximate surface area is 163 Å². The Kier molecular flexibility index (Phi) is 5.16. The molecule has 6 N–H and O–H groups in total. The van der Waals surface area contributed by atoms with Crippen LogP contribution >= 0.6 is 0 Å². The molecule has 3 aromatic rings. The van der Waals surface area contributed by atoms with E-state index in [1.807, 2.05) is 0 Å². The fraction of sp³-hybridized carbons (Fsp3) is 0. The second kappa shape index (κ2) is 7.41. The van der Waals surface area contributed by atoms with Crippen LogP contribution in [0.2, 0.25) is 0 Å². The maximum Gasteiger partial charge on any atom is 0.261 e. The Morgan fingerprint density at radius 3 is 1.18 bits per heavy atom. The molecule has 0 bridgehead atoms. The number of nitrogens with two attached hydrogens (primary N) is 2. The molecule has 0 unspecified atom stereocenters. The van der Waals surface area contributed by atoms with Gasteiger partial charge in [0.25, 0.3) is 20.0 Å². The van der Waals surface area contributed by atoms with Gasteiger partial charge in [-0.3, -0.25) is 9.44 Å². The second-order valence-electron chi connectivity index (χ2n) is 5.93. The number of sulfonamides is 2. The van der Waals surface area contributed by atoms with E-state index in [2.05, 4.69) is 9.44 Å². The molecule has 0 radical (unpaired) electrons. The molecule has 10 heteroatoms. The summed E-state index contributed by atoms with van der Waals surface area (Å²) in [4.78, 5) is 0.0307. The van der Waals surface area contributed by atoms with Crippen molar-refractivity contribution in [3.63, 3.8) is 0 Å². The maximum atomic E-state index is 12.4. The Bertz CT molecular complexity index is 1170. The van der Waals surface area contributed by atoms with Gasteiger partial charge in [-0.05, 0) is 72.8 Å². The fourth-order valence-electron chi connectivity index (χ4n) is 2.33. The zero-order chi connectivity index (χ0) is 20.4. The second-order valence-corrected chi connectivity index (χ2v) is 9.29. The summed E-state index contributed by atoms with van der Waals surface area (Å²) in [6.07, 6.45) is 0. The lowest BCUT2D eigenvalue weighted by Gasteiger charge is -2.11. The zero-order valence-electron chi connectivity index (χ0n) is 14.5. The molecule has 28 heavy (non-hydrogen) atoms. The van der Waals surface area contributed by atoms with Gasteiger partial charge in [0, 0.05) is 22.7 Å². The van der Waals surface area contributed by atoms with Crippen molar-refractivity contribution in [3.05, 3.63) is 72.8 Å². The molecular formula is C18H18N4O4S2. The summed E-state index contributed by atoms with van der Waals surface area (Å²) in [7, 11) is -7.64. The van der Waals surface area contributed by atoms with Crippen molar-refractivity contribution in [1.29, 1.82) is 0 Å². The van der Waals surface area contributed by atoms with E-state index in [-0.39, 0.29) is 15.5 Å². The van der Waals surface area contributed by atoms with E-state index in [9.17, 15) is 16.8 Å². The zero-order valence-corrected chi connectivity index (χ0v) is 16.2. The number of anilines is 4. The first-order chi connectivity index (χ1) is 13.2. The molecule has 0 atom stereocenters. The number of rotatable bonds is 6. The highest BCUT2D eigenvalue weighted by atomic mass is 32.2. The SMILES string of the molecule is Nc1ccc(NS(=O)(=O)c2ccc(NS(=O)(=O)c3ccc(N)cc3)cc2)cc1. The van der Waals surface area contributed by atoms with Crippen LogP contribution in [-0.2, 0) is 20.0 Å².